The smallest absolute Gasteiger partial charge is 0.115 e. The Balaban J connectivity index is 0.000000160. The largest absolute Gasteiger partial charge is 0.516 e. The number of benzene rings is 2. The maximum absolute atomic E-state index is 5.38. The van der Waals surface area contributed by atoms with Gasteiger partial charge in [0.2, 0.25) is 0 Å². The van der Waals surface area contributed by atoms with Gasteiger partial charge in [0, 0.05) is 33.9 Å². The number of hydrogen-bond acceptors (Lipinski definition) is 4. The summed E-state index contributed by atoms with van der Waals surface area (Å²) in [4.78, 5) is 0. The molecule has 0 amide bonds. The molecule has 2 atom stereocenters. The minimum absolute atomic E-state index is 0. The van der Waals surface area contributed by atoms with E-state index in [-0.39, 0.29) is 22.4 Å². The van der Waals surface area contributed by atoms with Gasteiger partial charge in [-0.2, -0.15) is 36.4 Å². The molecule has 2 aromatic carbocycles. The third-order valence-electron chi connectivity index (χ3n) is 3.05. The van der Waals surface area contributed by atoms with Crippen LogP contribution < -0.4 is 9.47 Å². The first-order chi connectivity index (χ1) is 10.9. The quantitative estimate of drug-likeness (QED) is 0.351. The van der Waals surface area contributed by atoms with E-state index in [2.05, 4.69) is 12.1 Å². The molecule has 4 rings (SSSR count). The summed E-state index contributed by atoms with van der Waals surface area (Å²) >= 11 is 0. The van der Waals surface area contributed by atoms with Crippen LogP contribution in [0.4, 0.5) is 0 Å². The van der Waals surface area contributed by atoms with Crippen molar-refractivity contribution in [2.75, 3.05) is 26.4 Å². The fourth-order valence-corrected chi connectivity index (χ4v) is 1.64. The van der Waals surface area contributed by atoms with E-state index >= 15 is 0 Å². The number of hydrogen-bond donors (Lipinski definition) is 0. The molecular weight excluding hydrogens is 477 g/mol. The van der Waals surface area contributed by atoms with E-state index in [1.165, 1.54) is 0 Å². The summed E-state index contributed by atoms with van der Waals surface area (Å²) < 4.78 is 20.8. The van der Waals surface area contributed by atoms with Crippen LogP contribution in [-0.2, 0) is 31.9 Å². The van der Waals surface area contributed by atoms with Crippen LogP contribution in [0, 0.1) is 12.1 Å². The Labute approximate surface area is 152 Å². The van der Waals surface area contributed by atoms with Crippen molar-refractivity contribution in [1.82, 2.24) is 0 Å². The predicted octanol–water partition coefficient (Wildman–Crippen LogP) is 2.53. The molecule has 127 valence electrons. The summed E-state index contributed by atoms with van der Waals surface area (Å²) in [5, 5.41) is 0. The molecule has 2 heterocycles. The predicted molar refractivity (Wildman–Crippen MR) is 81.0 cm³/mol. The van der Waals surface area contributed by atoms with Gasteiger partial charge in [-0.1, -0.05) is 0 Å². The average Bonchev–Trinajstić information content (AvgIpc) is 3.49. The molecule has 5 heteroatoms. The molecule has 2 aliphatic heterocycles. The van der Waals surface area contributed by atoms with E-state index in [1.807, 2.05) is 48.5 Å². The number of ether oxygens (including phenoxy) is 4. The second kappa shape index (κ2) is 9.75. The molecule has 2 saturated heterocycles. The normalized spacial score (nSPS) is 20.3. The van der Waals surface area contributed by atoms with E-state index in [0.717, 1.165) is 24.7 Å². The molecule has 0 bridgehead atoms. The minimum Gasteiger partial charge on any atom is -0.516 e. The zero-order valence-corrected chi connectivity index (χ0v) is 14.7. The topological polar surface area (TPSA) is 43.5 Å². The van der Waals surface area contributed by atoms with Crippen LogP contribution in [0.5, 0.6) is 11.5 Å². The maximum atomic E-state index is 5.38. The first-order valence-corrected chi connectivity index (χ1v) is 7.31. The SMILES string of the molecule is [Au].[c-]1ccc(OCC2CO2)cc1.[c-]1ccc(OCC2CO2)cc1. The fourth-order valence-electron chi connectivity index (χ4n) is 1.64. The van der Waals surface area contributed by atoms with Crippen LogP contribution in [0.2, 0.25) is 0 Å². The van der Waals surface area contributed by atoms with Crippen molar-refractivity contribution in [3.8, 4) is 11.5 Å². The van der Waals surface area contributed by atoms with Gasteiger partial charge >= 0.3 is 0 Å². The molecule has 0 saturated carbocycles. The van der Waals surface area contributed by atoms with Gasteiger partial charge in [-0.05, 0) is 0 Å². The third kappa shape index (κ3) is 7.68. The van der Waals surface area contributed by atoms with E-state index in [9.17, 15) is 0 Å². The maximum Gasteiger partial charge on any atom is 0.115 e. The van der Waals surface area contributed by atoms with Crippen molar-refractivity contribution < 1.29 is 41.3 Å². The van der Waals surface area contributed by atoms with Crippen LogP contribution in [0.3, 0.4) is 0 Å². The van der Waals surface area contributed by atoms with Gasteiger partial charge in [0.25, 0.3) is 0 Å². The van der Waals surface area contributed by atoms with Crippen molar-refractivity contribution in [2.45, 2.75) is 12.2 Å². The second-order valence-corrected chi connectivity index (χ2v) is 5.00. The van der Waals surface area contributed by atoms with Crippen LogP contribution in [-0.4, -0.2) is 38.6 Å². The van der Waals surface area contributed by atoms with Crippen molar-refractivity contribution in [3.63, 3.8) is 0 Å². The molecule has 2 aromatic rings. The molecule has 2 unspecified atom stereocenters. The van der Waals surface area contributed by atoms with Crippen molar-refractivity contribution in [3.05, 3.63) is 60.7 Å². The molecule has 0 N–H and O–H groups in total. The van der Waals surface area contributed by atoms with Gasteiger partial charge < -0.3 is 18.9 Å². The van der Waals surface area contributed by atoms with E-state index in [0.29, 0.717) is 25.4 Å². The Hall–Kier alpha value is -1.30. The van der Waals surface area contributed by atoms with Gasteiger partial charge in [-0.3, -0.25) is 0 Å². The Bertz CT molecular complexity index is 490. The molecule has 23 heavy (non-hydrogen) atoms. The first kappa shape index (κ1) is 18.0. The first-order valence-electron chi connectivity index (χ1n) is 7.31. The van der Waals surface area contributed by atoms with Crippen LogP contribution >= 0.6 is 0 Å². The second-order valence-electron chi connectivity index (χ2n) is 5.00. The molecular formula is C18H18AuO4-2. The summed E-state index contributed by atoms with van der Waals surface area (Å²) in [6.07, 6.45) is 0.665. The summed E-state index contributed by atoms with van der Waals surface area (Å²) in [5.41, 5.74) is 0. The fraction of sp³-hybridized carbons (Fsp3) is 0.333. The molecule has 0 aliphatic carbocycles. The molecule has 2 aliphatic rings. The zero-order chi connectivity index (χ0) is 15.0. The Morgan fingerprint density at radius 3 is 1.43 bits per heavy atom. The zero-order valence-electron chi connectivity index (χ0n) is 12.5. The summed E-state index contributed by atoms with van der Waals surface area (Å²) in [6.45, 7) is 3.03. The summed E-state index contributed by atoms with van der Waals surface area (Å²) in [6, 6.07) is 20.8. The molecule has 1 radical (unpaired) electrons. The Morgan fingerprint density at radius 2 is 1.13 bits per heavy atom. The summed E-state index contributed by atoms with van der Waals surface area (Å²) in [5.74, 6) is 1.78. The van der Waals surface area contributed by atoms with Gasteiger partial charge in [-0.15, -0.1) is 24.3 Å². The average molecular weight is 495 g/mol. The Morgan fingerprint density at radius 1 is 0.783 bits per heavy atom. The van der Waals surface area contributed by atoms with Crippen LogP contribution in [0.1, 0.15) is 0 Å². The van der Waals surface area contributed by atoms with Crippen LogP contribution in [0.25, 0.3) is 0 Å². The molecule has 0 aromatic heterocycles. The molecule has 0 spiro atoms. The van der Waals surface area contributed by atoms with Gasteiger partial charge in [-0.25, -0.2) is 0 Å². The van der Waals surface area contributed by atoms with Crippen molar-refractivity contribution in [2.24, 2.45) is 0 Å². The molecule has 4 nitrogen and oxygen atoms in total. The standard InChI is InChI=1S/2C9H9O2.Au/c2*1-2-4-8(5-3-1)10-6-9-7-11-9;/h2*2-5,9H,6-7H2;/q2*-1;. The van der Waals surface area contributed by atoms with Crippen molar-refractivity contribution >= 4 is 0 Å². The Kier molecular flexibility index (Phi) is 7.65. The van der Waals surface area contributed by atoms with Gasteiger partial charge in [0.1, 0.15) is 25.4 Å². The van der Waals surface area contributed by atoms with Gasteiger partial charge in [0.15, 0.2) is 0 Å². The monoisotopic (exact) mass is 495 g/mol. The number of rotatable bonds is 6. The van der Waals surface area contributed by atoms with Crippen molar-refractivity contribution in [1.29, 1.82) is 0 Å². The van der Waals surface area contributed by atoms with Gasteiger partial charge in [0.05, 0.1) is 13.2 Å². The third-order valence-corrected chi connectivity index (χ3v) is 3.05. The summed E-state index contributed by atoms with van der Waals surface area (Å²) in [7, 11) is 0. The van der Waals surface area contributed by atoms with E-state index in [1.54, 1.807) is 0 Å². The van der Waals surface area contributed by atoms with E-state index in [4.69, 9.17) is 18.9 Å². The molecule has 2 fully saturated rings. The van der Waals surface area contributed by atoms with E-state index < -0.39 is 0 Å². The van der Waals surface area contributed by atoms with Crippen LogP contribution in [0.15, 0.2) is 48.5 Å². The number of epoxide rings is 2. The minimum atomic E-state index is 0.